The molecule has 0 spiro atoms. The van der Waals surface area contributed by atoms with Crippen LogP contribution in [0, 0.1) is 0 Å². The van der Waals surface area contributed by atoms with E-state index >= 15 is 0 Å². The molecule has 0 bridgehead atoms. The number of hydrogen-bond acceptors (Lipinski definition) is 5. The van der Waals surface area contributed by atoms with Gasteiger partial charge in [-0.3, -0.25) is 14.8 Å². The molecule has 0 radical (unpaired) electrons. The Labute approximate surface area is 114 Å². The van der Waals surface area contributed by atoms with Gasteiger partial charge in [-0.2, -0.15) is 0 Å². The Balaban J connectivity index is 2.00. The average molecular weight is 265 g/mol. The molecule has 2 aromatic heterocycles. The van der Waals surface area contributed by atoms with Crippen LogP contribution in [-0.2, 0) is 0 Å². The smallest absolute Gasteiger partial charge is 0.275 e. The van der Waals surface area contributed by atoms with Gasteiger partial charge in [-0.15, -0.1) is 0 Å². The number of carbonyl (C=O) groups is 1. The van der Waals surface area contributed by atoms with Gasteiger partial charge in [0.15, 0.2) is 0 Å². The SMILES string of the molecule is Nc1ccc(NC(=O)c2cnccn2)c2cccnc12. The van der Waals surface area contributed by atoms with E-state index in [1.54, 1.807) is 24.4 Å². The minimum atomic E-state index is -0.326. The first-order valence-corrected chi connectivity index (χ1v) is 5.96. The molecule has 1 aromatic carbocycles. The van der Waals surface area contributed by atoms with Crippen molar-refractivity contribution >= 4 is 28.2 Å². The largest absolute Gasteiger partial charge is 0.397 e. The summed E-state index contributed by atoms with van der Waals surface area (Å²) in [5.74, 6) is -0.326. The first-order valence-electron chi connectivity index (χ1n) is 5.96. The number of pyridine rings is 1. The molecule has 98 valence electrons. The first kappa shape index (κ1) is 12.0. The Bertz CT molecular complexity index is 773. The van der Waals surface area contributed by atoms with Gasteiger partial charge in [0.1, 0.15) is 5.69 Å². The Hall–Kier alpha value is -3.02. The quantitative estimate of drug-likeness (QED) is 0.690. The lowest BCUT2D eigenvalue weighted by Crippen LogP contribution is -2.14. The third kappa shape index (κ3) is 2.14. The van der Waals surface area contributed by atoms with E-state index in [1.165, 1.54) is 18.6 Å². The average Bonchev–Trinajstić information content (AvgIpc) is 2.51. The number of benzene rings is 1. The highest BCUT2D eigenvalue weighted by atomic mass is 16.1. The maximum atomic E-state index is 12.1. The van der Waals surface area contributed by atoms with Crippen LogP contribution in [-0.4, -0.2) is 20.9 Å². The van der Waals surface area contributed by atoms with Gasteiger partial charge in [0.2, 0.25) is 0 Å². The third-order valence-electron chi connectivity index (χ3n) is 2.84. The summed E-state index contributed by atoms with van der Waals surface area (Å²) in [6.45, 7) is 0. The molecule has 0 saturated heterocycles. The molecule has 0 fully saturated rings. The molecule has 0 unspecified atom stereocenters. The van der Waals surface area contributed by atoms with E-state index in [0.717, 1.165) is 5.39 Å². The zero-order chi connectivity index (χ0) is 13.9. The van der Waals surface area contributed by atoms with Crippen LogP contribution in [0.3, 0.4) is 0 Å². The molecule has 2 heterocycles. The van der Waals surface area contributed by atoms with Crippen LogP contribution in [0.5, 0.6) is 0 Å². The molecule has 6 heteroatoms. The number of anilines is 2. The number of fused-ring (bicyclic) bond motifs is 1. The second-order valence-corrected chi connectivity index (χ2v) is 4.15. The predicted octanol–water partition coefficient (Wildman–Crippen LogP) is 1.86. The van der Waals surface area contributed by atoms with E-state index in [0.29, 0.717) is 16.9 Å². The first-order chi connectivity index (χ1) is 9.75. The number of rotatable bonds is 2. The number of aromatic nitrogens is 3. The Morgan fingerprint density at radius 2 is 2.00 bits per heavy atom. The number of nitrogens with zero attached hydrogens (tertiary/aromatic N) is 3. The Morgan fingerprint density at radius 3 is 2.80 bits per heavy atom. The van der Waals surface area contributed by atoms with Crippen molar-refractivity contribution in [2.45, 2.75) is 0 Å². The van der Waals surface area contributed by atoms with Gasteiger partial charge in [-0.25, -0.2) is 4.98 Å². The van der Waals surface area contributed by atoms with E-state index in [4.69, 9.17) is 5.73 Å². The molecule has 0 saturated carbocycles. The number of amides is 1. The fraction of sp³-hybridized carbons (Fsp3) is 0. The monoisotopic (exact) mass is 265 g/mol. The van der Waals surface area contributed by atoms with Crippen molar-refractivity contribution in [1.82, 2.24) is 15.0 Å². The topological polar surface area (TPSA) is 93.8 Å². The highest BCUT2D eigenvalue weighted by Gasteiger charge is 2.10. The summed E-state index contributed by atoms with van der Waals surface area (Å²) in [4.78, 5) is 24.1. The fourth-order valence-electron chi connectivity index (χ4n) is 1.91. The number of carbonyl (C=O) groups excluding carboxylic acids is 1. The van der Waals surface area contributed by atoms with Gasteiger partial charge in [0.25, 0.3) is 5.91 Å². The lowest BCUT2D eigenvalue weighted by molar-refractivity contribution is 0.102. The predicted molar refractivity (Wildman–Crippen MR) is 76.1 cm³/mol. The van der Waals surface area contributed by atoms with E-state index in [-0.39, 0.29) is 11.6 Å². The summed E-state index contributed by atoms with van der Waals surface area (Å²) >= 11 is 0. The van der Waals surface area contributed by atoms with Crippen molar-refractivity contribution in [2.75, 3.05) is 11.1 Å². The summed E-state index contributed by atoms with van der Waals surface area (Å²) in [7, 11) is 0. The van der Waals surface area contributed by atoms with E-state index in [9.17, 15) is 4.79 Å². The van der Waals surface area contributed by atoms with Gasteiger partial charge >= 0.3 is 0 Å². The van der Waals surface area contributed by atoms with Crippen LogP contribution in [0.15, 0.2) is 49.1 Å². The highest BCUT2D eigenvalue weighted by Crippen LogP contribution is 2.26. The van der Waals surface area contributed by atoms with Gasteiger partial charge in [-0.05, 0) is 24.3 Å². The van der Waals surface area contributed by atoms with Gasteiger partial charge in [0, 0.05) is 24.0 Å². The van der Waals surface area contributed by atoms with Crippen molar-refractivity contribution < 1.29 is 4.79 Å². The van der Waals surface area contributed by atoms with Crippen molar-refractivity contribution in [1.29, 1.82) is 0 Å². The molecule has 3 rings (SSSR count). The Morgan fingerprint density at radius 1 is 1.10 bits per heavy atom. The third-order valence-corrected chi connectivity index (χ3v) is 2.84. The molecule has 3 aromatic rings. The van der Waals surface area contributed by atoms with Crippen molar-refractivity contribution in [2.24, 2.45) is 0 Å². The van der Waals surface area contributed by atoms with Crippen molar-refractivity contribution in [3.63, 3.8) is 0 Å². The minimum Gasteiger partial charge on any atom is -0.397 e. The van der Waals surface area contributed by atoms with Crippen LogP contribution >= 0.6 is 0 Å². The normalized spacial score (nSPS) is 10.4. The van der Waals surface area contributed by atoms with Crippen molar-refractivity contribution in [3.05, 3.63) is 54.7 Å². The molecule has 6 nitrogen and oxygen atoms in total. The van der Waals surface area contributed by atoms with Gasteiger partial charge in [0.05, 0.1) is 23.1 Å². The van der Waals surface area contributed by atoms with E-state index in [1.807, 2.05) is 6.07 Å². The molecule has 0 aliphatic rings. The lowest BCUT2D eigenvalue weighted by atomic mass is 10.1. The molecular formula is C14H11N5O. The molecule has 20 heavy (non-hydrogen) atoms. The summed E-state index contributed by atoms with van der Waals surface area (Å²) in [5, 5.41) is 3.57. The number of hydrogen-bond donors (Lipinski definition) is 2. The van der Waals surface area contributed by atoms with Crippen LogP contribution < -0.4 is 11.1 Å². The number of nitrogens with one attached hydrogen (secondary N) is 1. The summed E-state index contributed by atoms with van der Waals surface area (Å²) in [6, 6.07) is 7.10. The molecule has 0 atom stereocenters. The standard InChI is InChI=1S/C14H11N5O/c15-10-3-4-11(9-2-1-5-18-13(9)10)19-14(20)12-8-16-6-7-17-12/h1-8H,15H2,(H,19,20). The van der Waals surface area contributed by atoms with Gasteiger partial charge in [-0.1, -0.05) is 0 Å². The molecule has 3 N–H and O–H groups in total. The minimum absolute atomic E-state index is 0.251. The lowest BCUT2D eigenvalue weighted by Gasteiger charge is -2.09. The summed E-state index contributed by atoms with van der Waals surface area (Å²) < 4.78 is 0. The van der Waals surface area contributed by atoms with Crippen LogP contribution in [0.2, 0.25) is 0 Å². The Kier molecular flexibility index (Phi) is 2.96. The van der Waals surface area contributed by atoms with Crippen LogP contribution in [0.25, 0.3) is 10.9 Å². The maximum absolute atomic E-state index is 12.1. The zero-order valence-electron chi connectivity index (χ0n) is 10.4. The van der Waals surface area contributed by atoms with Gasteiger partial charge < -0.3 is 11.1 Å². The highest BCUT2D eigenvalue weighted by molar-refractivity contribution is 6.09. The molecular weight excluding hydrogens is 254 g/mol. The number of nitrogen functional groups attached to an aromatic ring is 1. The van der Waals surface area contributed by atoms with E-state index in [2.05, 4.69) is 20.3 Å². The molecule has 1 amide bonds. The second kappa shape index (κ2) is 4.93. The molecule has 0 aliphatic carbocycles. The fourth-order valence-corrected chi connectivity index (χ4v) is 1.91. The van der Waals surface area contributed by atoms with Crippen LogP contribution in [0.1, 0.15) is 10.5 Å². The van der Waals surface area contributed by atoms with E-state index < -0.39 is 0 Å². The zero-order valence-corrected chi connectivity index (χ0v) is 10.4. The second-order valence-electron chi connectivity index (χ2n) is 4.15. The van der Waals surface area contributed by atoms with Crippen molar-refractivity contribution in [3.8, 4) is 0 Å². The van der Waals surface area contributed by atoms with Crippen LogP contribution in [0.4, 0.5) is 11.4 Å². The number of nitrogens with two attached hydrogens (primary N) is 1. The maximum Gasteiger partial charge on any atom is 0.275 e. The summed E-state index contributed by atoms with van der Waals surface area (Å²) in [6.07, 6.45) is 6.05. The summed E-state index contributed by atoms with van der Waals surface area (Å²) in [5.41, 5.74) is 7.98. The molecule has 0 aliphatic heterocycles.